The summed E-state index contributed by atoms with van der Waals surface area (Å²) in [4.78, 5) is 23.9. The lowest BCUT2D eigenvalue weighted by atomic mass is 9.83. The Morgan fingerprint density at radius 3 is 2.36 bits per heavy atom. The number of carbonyl (C=O) groups is 2. The molecule has 2 aromatic rings. The summed E-state index contributed by atoms with van der Waals surface area (Å²) in [5.74, 6) is -4.69. The van der Waals surface area contributed by atoms with Crippen molar-refractivity contribution >= 4 is 11.8 Å². The number of aromatic hydroxyl groups is 4. The Labute approximate surface area is 141 Å². The summed E-state index contributed by atoms with van der Waals surface area (Å²) in [6, 6.07) is 5.82. The maximum absolute atomic E-state index is 12.8. The predicted octanol–water partition coefficient (Wildman–Crippen LogP) is 1.77. The van der Waals surface area contributed by atoms with E-state index in [1.807, 2.05) is 0 Å². The predicted molar refractivity (Wildman–Crippen MR) is 82.9 cm³/mol. The van der Waals surface area contributed by atoms with Gasteiger partial charge in [-0.2, -0.15) is 0 Å². The second-order valence-electron chi connectivity index (χ2n) is 5.68. The molecule has 0 saturated heterocycles. The topological polar surface area (TPSA) is 145 Å². The Morgan fingerprint density at radius 2 is 1.72 bits per heavy atom. The Balaban J connectivity index is 2.12. The number of Topliss-reactive ketones (excluding diaryl/α,β-unsaturated/α-hetero) is 1. The minimum atomic E-state index is -1.26. The Hall–Kier alpha value is -3.42. The van der Waals surface area contributed by atoms with Gasteiger partial charge in [0.05, 0.1) is 12.3 Å². The van der Waals surface area contributed by atoms with Crippen molar-refractivity contribution in [3.05, 3.63) is 41.5 Å². The molecule has 0 bridgehead atoms. The molecule has 0 amide bonds. The Morgan fingerprint density at radius 1 is 1.00 bits per heavy atom. The third-order valence-electron chi connectivity index (χ3n) is 3.98. The quantitative estimate of drug-likeness (QED) is 0.529. The highest BCUT2D eigenvalue weighted by atomic mass is 16.5. The summed E-state index contributed by atoms with van der Waals surface area (Å²) in [5.41, 5.74) is 0.189. The zero-order chi connectivity index (χ0) is 18.3. The average Bonchev–Trinajstić information content (AvgIpc) is 2.52. The van der Waals surface area contributed by atoms with Crippen LogP contribution in [0.2, 0.25) is 0 Å². The van der Waals surface area contributed by atoms with Crippen LogP contribution in [-0.4, -0.2) is 37.3 Å². The molecule has 1 aliphatic heterocycles. The van der Waals surface area contributed by atoms with Crippen molar-refractivity contribution in [1.29, 1.82) is 0 Å². The fourth-order valence-corrected chi connectivity index (χ4v) is 2.87. The summed E-state index contributed by atoms with van der Waals surface area (Å²) < 4.78 is 5.54. The molecule has 8 heteroatoms. The molecule has 0 aliphatic carbocycles. The lowest BCUT2D eigenvalue weighted by Gasteiger charge is -2.31. The van der Waals surface area contributed by atoms with Gasteiger partial charge >= 0.3 is 5.97 Å². The fraction of sp³-hybridized carbons (Fsp3) is 0.176. The molecular weight excluding hydrogens is 332 g/mol. The molecule has 5 N–H and O–H groups in total. The van der Waals surface area contributed by atoms with E-state index in [0.717, 1.165) is 12.1 Å². The van der Waals surface area contributed by atoms with E-state index < -0.39 is 41.7 Å². The SMILES string of the molecule is O=C(O)C[C@@H]1C(=O)[C@@H](c2ccc(O)c(O)c2)Oc2cc(O)cc(O)c21. The number of phenols is 4. The lowest BCUT2D eigenvalue weighted by Crippen LogP contribution is -2.31. The molecule has 2 atom stereocenters. The van der Waals surface area contributed by atoms with Gasteiger partial charge in [0.1, 0.15) is 17.2 Å². The van der Waals surface area contributed by atoms with Crippen LogP contribution in [0.15, 0.2) is 30.3 Å². The number of rotatable bonds is 3. The van der Waals surface area contributed by atoms with Crippen molar-refractivity contribution in [2.45, 2.75) is 18.4 Å². The summed E-state index contributed by atoms with van der Waals surface area (Å²) in [6.45, 7) is 0. The molecule has 25 heavy (non-hydrogen) atoms. The van der Waals surface area contributed by atoms with Gasteiger partial charge in [-0.3, -0.25) is 9.59 Å². The Kier molecular flexibility index (Phi) is 3.88. The number of ketones is 1. The van der Waals surface area contributed by atoms with Gasteiger partial charge in [0.25, 0.3) is 0 Å². The zero-order valence-corrected chi connectivity index (χ0v) is 12.7. The minimum absolute atomic E-state index is 0.00977. The number of benzene rings is 2. The van der Waals surface area contributed by atoms with Crippen molar-refractivity contribution in [2.75, 3.05) is 0 Å². The van der Waals surface area contributed by atoms with Gasteiger partial charge in [0, 0.05) is 23.3 Å². The van der Waals surface area contributed by atoms with Gasteiger partial charge in [-0.05, 0) is 12.1 Å². The molecule has 0 aromatic heterocycles. The van der Waals surface area contributed by atoms with Crippen molar-refractivity contribution in [3.63, 3.8) is 0 Å². The van der Waals surface area contributed by atoms with Gasteiger partial charge < -0.3 is 30.3 Å². The van der Waals surface area contributed by atoms with Gasteiger partial charge in [-0.15, -0.1) is 0 Å². The van der Waals surface area contributed by atoms with Crippen LogP contribution in [0, 0.1) is 0 Å². The largest absolute Gasteiger partial charge is 0.508 e. The molecule has 0 spiro atoms. The van der Waals surface area contributed by atoms with Crippen LogP contribution < -0.4 is 4.74 Å². The molecule has 0 radical (unpaired) electrons. The first-order chi connectivity index (χ1) is 11.8. The number of aliphatic carboxylic acids is 1. The van der Waals surface area contributed by atoms with E-state index in [1.165, 1.54) is 18.2 Å². The fourth-order valence-electron chi connectivity index (χ4n) is 2.87. The minimum Gasteiger partial charge on any atom is -0.508 e. The van der Waals surface area contributed by atoms with Crippen molar-refractivity contribution in [2.24, 2.45) is 0 Å². The van der Waals surface area contributed by atoms with Gasteiger partial charge in [-0.25, -0.2) is 0 Å². The summed E-state index contributed by atoms with van der Waals surface area (Å²) in [5, 5.41) is 47.7. The van der Waals surface area contributed by atoms with Crippen LogP contribution in [0.5, 0.6) is 28.7 Å². The van der Waals surface area contributed by atoms with E-state index in [9.17, 15) is 30.0 Å². The van der Waals surface area contributed by atoms with Gasteiger partial charge in [0.15, 0.2) is 23.4 Å². The standard InChI is InChI=1S/C17H14O8/c18-8-4-12(21)15-9(6-14(22)23)16(24)17(25-13(15)5-8)7-1-2-10(19)11(20)3-7/h1-5,9,17-21H,6H2,(H,22,23)/t9-,17+/m0/s1. The molecule has 0 saturated carbocycles. The van der Waals surface area contributed by atoms with E-state index in [-0.39, 0.29) is 28.4 Å². The number of phenolic OH excluding ortho intramolecular Hbond substituents is 4. The number of hydrogen-bond acceptors (Lipinski definition) is 7. The van der Waals surface area contributed by atoms with Crippen molar-refractivity contribution in [1.82, 2.24) is 0 Å². The third kappa shape index (κ3) is 2.89. The zero-order valence-electron chi connectivity index (χ0n) is 12.7. The van der Waals surface area contributed by atoms with Crippen LogP contribution >= 0.6 is 0 Å². The second kappa shape index (κ2) is 5.90. The molecule has 0 unspecified atom stereocenters. The van der Waals surface area contributed by atoms with E-state index in [4.69, 9.17) is 9.84 Å². The first kappa shape index (κ1) is 16.4. The first-order valence-corrected chi connectivity index (χ1v) is 7.28. The molecule has 1 aliphatic rings. The number of carbonyl (C=O) groups excluding carboxylic acids is 1. The normalized spacial score (nSPS) is 19.1. The average molecular weight is 346 g/mol. The molecule has 130 valence electrons. The summed E-state index contributed by atoms with van der Waals surface area (Å²) >= 11 is 0. The van der Waals surface area contributed by atoms with E-state index in [1.54, 1.807) is 0 Å². The molecular formula is C17H14O8. The number of fused-ring (bicyclic) bond motifs is 1. The lowest BCUT2D eigenvalue weighted by molar-refractivity contribution is -0.141. The maximum atomic E-state index is 12.8. The monoisotopic (exact) mass is 346 g/mol. The van der Waals surface area contributed by atoms with Crippen LogP contribution in [0.25, 0.3) is 0 Å². The van der Waals surface area contributed by atoms with Crippen molar-refractivity contribution in [3.8, 4) is 28.7 Å². The molecule has 1 heterocycles. The van der Waals surface area contributed by atoms with Crippen LogP contribution in [0.3, 0.4) is 0 Å². The highest BCUT2D eigenvalue weighted by Crippen LogP contribution is 2.47. The first-order valence-electron chi connectivity index (χ1n) is 7.28. The third-order valence-corrected chi connectivity index (χ3v) is 3.98. The summed E-state index contributed by atoms with van der Waals surface area (Å²) in [7, 11) is 0. The van der Waals surface area contributed by atoms with Crippen molar-refractivity contribution < 1.29 is 39.9 Å². The van der Waals surface area contributed by atoms with Gasteiger partial charge in [-0.1, -0.05) is 6.07 Å². The van der Waals surface area contributed by atoms with Crippen LogP contribution in [0.4, 0.5) is 0 Å². The number of hydrogen-bond donors (Lipinski definition) is 5. The highest BCUT2D eigenvalue weighted by molar-refractivity contribution is 5.96. The number of carboxylic acid groups (broad SMARTS) is 1. The molecule has 2 aromatic carbocycles. The number of carboxylic acids is 1. The smallest absolute Gasteiger partial charge is 0.304 e. The Bertz CT molecular complexity index is 873. The molecule has 3 rings (SSSR count). The highest BCUT2D eigenvalue weighted by Gasteiger charge is 2.41. The maximum Gasteiger partial charge on any atom is 0.304 e. The molecule has 0 fully saturated rings. The number of ether oxygens (including phenoxy) is 1. The van der Waals surface area contributed by atoms with E-state index in [0.29, 0.717) is 0 Å². The van der Waals surface area contributed by atoms with E-state index in [2.05, 4.69) is 0 Å². The van der Waals surface area contributed by atoms with Gasteiger partial charge in [0.2, 0.25) is 0 Å². The second-order valence-corrected chi connectivity index (χ2v) is 5.68. The summed E-state index contributed by atoms with van der Waals surface area (Å²) in [6.07, 6.45) is -1.83. The van der Waals surface area contributed by atoms with E-state index >= 15 is 0 Å². The molecule has 8 nitrogen and oxygen atoms in total. The van der Waals surface area contributed by atoms with Crippen LogP contribution in [0.1, 0.15) is 29.6 Å². The van der Waals surface area contributed by atoms with Crippen LogP contribution in [-0.2, 0) is 9.59 Å².